The lowest BCUT2D eigenvalue weighted by Gasteiger charge is -2.17. The molecule has 0 saturated carbocycles. The van der Waals surface area contributed by atoms with E-state index in [1.165, 1.54) is 0 Å². The minimum absolute atomic E-state index is 0.164. The topological polar surface area (TPSA) is 155 Å². The molecular weight excluding hydrogens is 661 g/mol. The fourth-order valence-corrected chi connectivity index (χ4v) is 7.47. The number of sulfone groups is 2. The van der Waals surface area contributed by atoms with E-state index < -0.39 is 82.2 Å². The fraction of sp³-hybridized carbons (Fsp3) is 0.250. The molecule has 0 saturated heterocycles. The zero-order valence-electron chi connectivity index (χ0n) is 17.4. The maximum Gasteiger partial charge on any atom is 0.393 e. The van der Waals surface area contributed by atoms with Crippen LogP contribution in [0.4, 0.5) is 37.7 Å². The Labute approximate surface area is 226 Å². The number of nitrogens with zero attached hydrogens (tertiary/aromatic N) is 2. The van der Waals surface area contributed by atoms with E-state index in [1.54, 1.807) is 0 Å². The Morgan fingerprint density at radius 3 is 1.24 bits per heavy atom. The third kappa shape index (κ3) is 5.93. The normalized spacial score (nSPS) is 14.6. The van der Waals surface area contributed by atoms with Gasteiger partial charge in [0, 0.05) is 12.1 Å². The molecule has 0 aliphatic heterocycles. The average Bonchev–Trinajstić information content (AvgIpc) is 2.81. The molecule has 0 spiro atoms. The highest BCUT2D eigenvalue weighted by atomic mass is 35.5. The Balaban J connectivity index is 2.49. The first-order valence-corrected chi connectivity index (χ1v) is 14.9. The van der Waals surface area contributed by atoms with E-state index in [4.69, 9.17) is 0 Å². The summed E-state index contributed by atoms with van der Waals surface area (Å²) < 4.78 is 129. The van der Waals surface area contributed by atoms with Crippen molar-refractivity contribution in [3.63, 3.8) is 0 Å². The number of alkyl halides is 8. The minimum Gasteiger partial charge on any atom is -0.258 e. The maximum absolute atomic E-state index is 13.7. The minimum atomic E-state index is -5.84. The van der Waals surface area contributed by atoms with Gasteiger partial charge in [-0.3, -0.25) is 20.2 Å². The predicted molar refractivity (Wildman–Crippen MR) is 124 cm³/mol. The Kier molecular flexibility index (Phi) is 9.53. The molecule has 0 bridgehead atoms. The molecule has 2 atom stereocenters. The highest BCUT2D eigenvalue weighted by Crippen LogP contribution is 2.47. The van der Waals surface area contributed by atoms with Crippen LogP contribution in [0.2, 0.25) is 0 Å². The first kappa shape index (κ1) is 32.2. The molecule has 22 heteroatoms. The van der Waals surface area contributed by atoms with Gasteiger partial charge in [0.15, 0.2) is 0 Å². The van der Waals surface area contributed by atoms with Crippen molar-refractivity contribution in [3.05, 3.63) is 56.6 Å². The number of hydrogen-bond donors (Lipinski definition) is 0. The monoisotopic (exact) mass is 668 g/mol. The van der Waals surface area contributed by atoms with Crippen LogP contribution in [0.5, 0.6) is 0 Å². The van der Waals surface area contributed by atoms with E-state index >= 15 is 0 Å². The van der Waals surface area contributed by atoms with Gasteiger partial charge < -0.3 is 0 Å². The largest absolute Gasteiger partial charge is 0.393 e. The van der Waals surface area contributed by atoms with Crippen LogP contribution in [0, 0.1) is 20.2 Å². The van der Waals surface area contributed by atoms with Gasteiger partial charge in [-0.05, 0) is 45.9 Å². The number of benzene rings is 2. The van der Waals surface area contributed by atoms with Crippen molar-refractivity contribution in [2.24, 2.45) is 0 Å². The van der Waals surface area contributed by atoms with Gasteiger partial charge in [-0.25, -0.2) is 25.6 Å². The van der Waals surface area contributed by atoms with E-state index in [-0.39, 0.29) is 12.1 Å². The van der Waals surface area contributed by atoms with Crippen LogP contribution in [-0.2, 0) is 19.7 Å². The SMILES string of the molecule is O=[N+]([O-])c1cc(S(=O)(=O)C(F)(F)[C@H](F)Cl)ccc1SSc1ccc(S(=O)(=O)C(F)(F)[C@H](F)Cl)cc1[N+](=O)[O-]. The van der Waals surface area contributed by atoms with E-state index in [9.17, 15) is 63.4 Å². The molecule has 0 aliphatic carbocycles. The molecule has 0 aliphatic rings. The summed E-state index contributed by atoms with van der Waals surface area (Å²) >= 11 is 9.16. The molecule has 2 aromatic carbocycles. The number of nitro groups is 2. The van der Waals surface area contributed by atoms with Crippen LogP contribution in [0.15, 0.2) is 56.0 Å². The average molecular weight is 669 g/mol. The molecule has 2 aromatic rings. The van der Waals surface area contributed by atoms with Crippen LogP contribution >= 0.6 is 44.8 Å². The van der Waals surface area contributed by atoms with Crippen LogP contribution in [0.25, 0.3) is 0 Å². The summed E-state index contributed by atoms with van der Waals surface area (Å²) in [5.41, 5.74) is -9.60. The molecule has 0 aromatic heterocycles. The molecule has 38 heavy (non-hydrogen) atoms. The molecule has 0 N–H and O–H groups in total. The molecule has 0 radical (unpaired) electrons. The molecule has 10 nitrogen and oxygen atoms in total. The number of hydrogen-bond acceptors (Lipinski definition) is 10. The smallest absolute Gasteiger partial charge is 0.258 e. The molecule has 0 fully saturated rings. The van der Waals surface area contributed by atoms with Crippen molar-refractivity contribution in [1.82, 2.24) is 0 Å². The van der Waals surface area contributed by atoms with Gasteiger partial charge in [0.25, 0.3) is 22.6 Å². The standard InChI is InChI=1S/C16H8Cl2F6N2O8S4/c17-13(19)15(21,22)37(31,32)7-1-3-11(9(5-7)25(27)28)35-36-12-4-2-8(6-10(12)26(29)30)38(33,34)16(23,24)14(18)20/h1-6,13-14H/t13-,14-/m0/s1. The quantitative estimate of drug-likeness (QED) is 0.0901. The second-order valence-corrected chi connectivity index (χ2v) is 13.7. The Morgan fingerprint density at radius 1 is 0.711 bits per heavy atom. The van der Waals surface area contributed by atoms with Gasteiger partial charge in [0.1, 0.15) is 0 Å². The lowest BCUT2D eigenvalue weighted by atomic mass is 10.3. The van der Waals surface area contributed by atoms with Crippen molar-refractivity contribution in [2.45, 2.75) is 41.4 Å². The zero-order chi connectivity index (χ0) is 29.4. The number of nitro benzene ring substituents is 2. The molecule has 0 heterocycles. The summed E-state index contributed by atoms with van der Waals surface area (Å²) in [5, 5.41) is 12.5. The third-order valence-corrected chi connectivity index (χ3v) is 11.2. The first-order chi connectivity index (χ1) is 17.2. The Hall–Kier alpha value is -2.00. The van der Waals surface area contributed by atoms with Gasteiger partial charge in [-0.1, -0.05) is 23.2 Å². The van der Waals surface area contributed by atoms with Gasteiger partial charge >= 0.3 is 10.5 Å². The molecule has 2 rings (SSSR count). The highest BCUT2D eigenvalue weighted by molar-refractivity contribution is 8.76. The third-order valence-electron chi connectivity index (χ3n) is 4.32. The lowest BCUT2D eigenvalue weighted by Crippen LogP contribution is -2.36. The van der Waals surface area contributed by atoms with Crippen LogP contribution in [0.1, 0.15) is 0 Å². The summed E-state index contributed by atoms with van der Waals surface area (Å²) in [6.45, 7) is 0. The van der Waals surface area contributed by atoms with E-state index in [1.807, 2.05) is 0 Å². The van der Waals surface area contributed by atoms with Crippen molar-refractivity contribution in [2.75, 3.05) is 0 Å². The van der Waals surface area contributed by atoms with Crippen molar-refractivity contribution in [1.29, 1.82) is 0 Å². The van der Waals surface area contributed by atoms with Crippen molar-refractivity contribution < 1.29 is 53.0 Å². The predicted octanol–water partition coefficient (Wildman–Crippen LogP) is 6.10. The fourth-order valence-electron chi connectivity index (χ4n) is 2.39. The lowest BCUT2D eigenvalue weighted by molar-refractivity contribution is -0.388. The number of halogens is 8. The van der Waals surface area contributed by atoms with Gasteiger partial charge in [0.2, 0.25) is 19.7 Å². The second kappa shape index (κ2) is 11.2. The van der Waals surface area contributed by atoms with Gasteiger partial charge in [-0.15, -0.1) is 0 Å². The zero-order valence-corrected chi connectivity index (χ0v) is 22.2. The molecule has 0 unspecified atom stereocenters. The van der Waals surface area contributed by atoms with Crippen LogP contribution in [-0.4, -0.2) is 48.5 Å². The van der Waals surface area contributed by atoms with Crippen LogP contribution < -0.4 is 0 Å². The molecular formula is C16H8Cl2F6N2O8S4. The summed E-state index contributed by atoms with van der Waals surface area (Å²) in [5.74, 6) is 0. The Morgan fingerprint density at radius 2 is 1.00 bits per heavy atom. The van der Waals surface area contributed by atoms with Gasteiger partial charge in [-0.2, -0.15) is 17.6 Å². The number of rotatable bonds is 11. The highest BCUT2D eigenvalue weighted by Gasteiger charge is 2.54. The van der Waals surface area contributed by atoms with Gasteiger partial charge in [0.05, 0.1) is 29.4 Å². The molecule has 0 amide bonds. The first-order valence-electron chi connectivity index (χ1n) is 8.92. The van der Waals surface area contributed by atoms with E-state index in [0.29, 0.717) is 45.9 Å². The summed E-state index contributed by atoms with van der Waals surface area (Å²) in [4.78, 5) is 16.7. The summed E-state index contributed by atoms with van der Waals surface area (Å²) in [6, 6.07) is 2.52. The molecule has 210 valence electrons. The van der Waals surface area contributed by atoms with Crippen molar-refractivity contribution >= 4 is 75.8 Å². The summed E-state index contributed by atoms with van der Waals surface area (Å²) in [6.07, 6.45) is 0. The van der Waals surface area contributed by atoms with Crippen molar-refractivity contribution in [3.8, 4) is 0 Å². The van der Waals surface area contributed by atoms with E-state index in [0.717, 1.165) is 0 Å². The summed E-state index contributed by atoms with van der Waals surface area (Å²) in [7, 11) is -11.0. The maximum atomic E-state index is 13.7. The van der Waals surface area contributed by atoms with Crippen LogP contribution in [0.3, 0.4) is 0 Å². The van der Waals surface area contributed by atoms with E-state index in [2.05, 4.69) is 23.2 Å². The second-order valence-electron chi connectivity index (χ2n) is 6.67. The Bertz CT molecular complexity index is 1380.